The molecule has 4 nitrogen and oxygen atoms in total. The van der Waals surface area contributed by atoms with Crippen molar-refractivity contribution in [2.24, 2.45) is 5.73 Å². The van der Waals surface area contributed by atoms with Crippen LogP contribution < -0.4 is 5.73 Å². The number of likely N-dealkylation sites (N-methyl/N-ethyl adjacent to an activating group) is 1. The highest BCUT2D eigenvalue weighted by Gasteiger charge is 2.11. The predicted molar refractivity (Wildman–Crippen MR) is 79.5 cm³/mol. The zero-order valence-electron chi connectivity index (χ0n) is 11.7. The molecule has 1 aromatic rings. The number of nitrogen functional groups attached to an aromatic ring is 1. The summed E-state index contributed by atoms with van der Waals surface area (Å²) in [4.78, 5) is 4.86. The molecule has 19 heavy (non-hydrogen) atoms. The van der Waals surface area contributed by atoms with E-state index in [0.29, 0.717) is 0 Å². The third-order valence-electron chi connectivity index (χ3n) is 3.69. The average Bonchev–Trinajstić information content (AvgIpc) is 2.90. The number of nitrogens with two attached hydrogens (primary N) is 1. The van der Waals surface area contributed by atoms with E-state index in [-0.39, 0.29) is 5.84 Å². The predicted octanol–water partition coefficient (Wildman–Crippen LogP) is 1.50. The smallest absolute Gasteiger partial charge is 0.122 e. The second-order valence-corrected chi connectivity index (χ2v) is 5.40. The highest BCUT2D eigenvalue weighted by atomic mass is 15.2. The van der Waals surface area contributed by atoms with Gasteiger partial charge < -0.3 is 15.5 Å². The summed E-state index contributed by atoms with van der Waals surface area (Å²) in [5.74, 6) is 0.140. The lowest BCUT2D eigenvalue weighted by Crippen LogP contribution is -2.31. The van der Waals surface area contributed by atoms with Crippen molar-refractivity contribution >= 4 is 5.84 Å². The first kappa shape index (κ1) is 14.0. The topological polar surface area (TPSA) is 56.4 Å². The highest BCUT2D eigenvalue weighted by Crippen LogP contribution is 2.09. The number of rotatable bonds is 6. The van der Waals surface area contributed by atoms with E-state index in [9.17, 15) is 0 Å². The molecule has 0 aromatic heterocycles. The van der Waals surface area contributed by atoms with Crippen LogP contribution in [-0.4, -0.2) is 48.9 Å². The Labute approximate surface area is 115 Å². The molecule has 0 radical (unpaired) electrons. The fourth-order valence-electron chi connectivity index (χ4n) is 2.55. The summed E-state index contributed by atoms with van der Waals surface area (Å²) < 4.78 is 0. The van der Waals surface area contributed by atoms with E-state index in [2.05, 4.69) is 22.9 Å². The van der Waals surface area contributed by atoms with Crippen molar-refractivity contribution in [1.82, 2.24) is 9.80 Å². The molecule has 0 unspecified atom stereocenters. The standard InChI is InChI=1S/C15H24N4/c1-18(9-10-19-7-2-3-8-19)12-13-5-4-6-14(11-13)15(16)17/h4-6,11H,2-3,7-10,12H2,1H3,(H3,16,17). The van der Waals surface area contributed by atoms with Crippen molar-refractivity contribution in [1.29, 1.82) is 5.41 Å². The Kier molecular flexibility index (Phi) is 4.93. The number of hydrogen-bond donors (Lipinski definition) is 2. The van der Waals surface area contributed by atoms with E-state index < -0.39 is 0 Å². The molecule has 0 spiro atoms. The number of hydrogen-bond acceptors (Lipinski definition) is 3. The largest absolute Gasteiger partial charge is 0.384 e. The van der Waals surface area contributed by atoms with Crippen molar-refractivity contribution in [2.45, 2.75) is 19.4 Å². The van der Waals surface area contributed by atoms with Crippen molar-refractivity contribution in [3.8, 4) is 0 Å². The molecule has 1 aliphatic rings. The second-order valence-electron chi connectivity index (χ2n) is 5.40. The van der Waals surface area contributed by atoms with Gasteiger partial charge in [-0.1, -0.05) is 18.2 Å². The van der Waals surface area contributed by atoms with Crippen LogP contribution in [0.3, 0.4) is 0 Å². The normalized spacial score (nSPS) is 16.1. The van der Waals surface area contributed by atoms with Gasteiger partial charge in [0.05, 0.1) is 0 Å². The van der Waals surface area contributed by atoms with Gasteiger partial charge in [0.25, 0.3) is 0 Å². The molecule has 104 valence electrons. The van der Waals surface area contributed by atoms with E-state index in [1.165, 1.54) is 31.5 Å². The monoisotopic (exact) mass is 260 g/mol. The molecule has 1 aromatic carbocycles. The van der Waals surface area contributed by atoms with Gasteiger partial charge >= 0.3 is 0 Å². The Morgan fingerprint density at radius 1 is 1.37 bits per heavy atom. The molecule has 1 aliphatic heterocycles. The number of benzene rings is 1. The number of likely N-dealkylation sites (tertiary alicyclic amines) is 1. The first-order chi connectivity index (χ1) is 9.15. The molecular weight excluding hydrogens is 236 g/mol. The zero-order chi connectivity index (χ0) is 13.7. The maximum absolute atomic E-state index is 7.47. The maximum Gasteiger partial charge on any atom is 0.122 e. The van der Waals surface area contributed by atoms with Crippen molar-refractivity contribution in [2.75, 3.05) is 33.2 Å². The summed E-state index contributed by atoms with van der Waals surface area (Å²) in [6.45, 7) is 5.67. The van der Waals surface area contributed by atoms with Gasteiger partial charge in [-0.2, -0.15) is 0 Å². The minimum Gasteiger partial charge on any atom is -0.384 e. The maximum atomic E-state index is 7.47. The first-order valence-electron chi connectivity index (χ1n) is 6.99. The molecule has 4 heteroatoms. The van der Waals surface area contributed by atoms with E-state index in [4.69, 9.17) is 11.1 Å². The summed E-state index contributed by atoms with van der Waals surface area (Å²) in [6.07, 6.45) is 2.70. The summed E-state index contributed by atoms with van der Waals surface area (Å²) in [5, 5.41) is 7.47. The van der Waals surface area contributed by atoms with Gasteiger partial charge in [-0.3, -0.25) is 5.41 Å². The number of nitrogens with zero attached hydrogens (tertiary/aromatic N) is 2. The Balaban J connectivity index is 1.82. The Bertz CT molecular complexity index is 424. The van der Waals surface area contributed by atoms with Gasteiger partial charge in [0, 0.05) is 25.2 Å². The van der Waals surface area contributed by atoms with Crippen LogP contribution in [0.5, 0.6) is 0 Å². The minimum absolute atomic E-state index is 0.140. The Hall–Kier alpha value is -1.39. The van der Waals surface area contributed by atoms with Gasteiger partial charge in [-0.05, 0) is 44.6 Å². The third kappa shape index (κ3) is 4.33. The van der Waals surface area contributed by atoms with Crippen LogP contribution in [0, 0.1) is 5.41 Å². The van der Waals surface area contributed by atoms with Crippen LogP contribution in [0.15, 0.2) is 24.3 Å². The SMILES string of the molecule is CN(CCN1CCCC1)Cc1cccc(C(=N)N)c1. The van der Waals surface area contributed by atoms with Crippen LogP contribution in [0.4, 0.5) is 0 Å². The minimum atomic E-state index is 0.140. The van der Waals surface area contributed by atoms with E-state index in [0.717, 1.165) is 25.2 Å². The molecule has 0 amide bonds. The highest BCUT2D eigenvalue weighted by molar-refractivity contribution is 5.95. The van der Waals surface area contributed by atoms with E-state index in [1.807, 2.05) is 18.2 Å². The summed E-state index contributed by atoms with van der Waals surface area (Å²) in [6, 6.07) is 7.96. The lowest BCUT2D eigenvalue weighted by Gasteiger charge is -2.21. The van der Waals surface area contributed by atoms with Crippen molar-refractivity contribution in [3.05, 3.63) is 35.4 Å². The Morgan fingerprint density at radius 2 is 2.11 bits per heavy atom. The Morgan fingerprint density at radius 3 is 2.79 bits per heavy atom. The molecule has 1 fully saturated rings. The quantitative estimate of drug-likeness (QED) is 0.602. The van der Waals surface area contributed by atoms with Gasteiger partial charge in [0.2, 0.25) is 0 Å². The molecular formula is C15H24N4. The second kappa shape index (κ2) is 6.68. The fourth-order valence-corrected chi connectivity index (χ4v) is 2.55. The van der Waals surface area contributed by atoms with E-state index >= 15 is 0 Å². The van der Waals surface area contributed by atoms with Crippen LogP contribution in [0.1, 0.15) is 24.0 Å². The van der Waals surface area contributed by atoms with Gasteiger partial charge in [0.1, 0.15) is 5.84 Å². The summed E-state index contributed by atoms with van der Waals surface area (Å²) in [5.41, 5.74) is 7.55. The molecule has 3 N–H and O–H groups in total. The van der Waals surface area contributed by atoms with Gasteiger partial charge in [0.15, 0.2) is 0 Å². The average molecular weight is 260 g/mol. The number of amidine groups is 1. The lowest BCUT2D eigenvalue weighted by molar-refractivity contribution is 0.252. The third-order valence-corrected chi connectivity index (χ3v) is 3.69. The van der Waals surface area contributed by atoms with E-state index in [1.54, 1.807) is 0 Å². The molecule has 1 saturated heterocycles. The molecule has 0 saturated carbocycles. The van der Waals surface area contributed by atoms with Crippen LogP contribution in [-0.2, 0) is 6.54 Å². The van der Waals surface area contributed by atoms with Crippen LogP contribution >= 0.6 is 0 Å². The zero-order valence-corrected chi connectivity index (χ0v) is 11.7. The fraction of sp³-hybridized carbons (Fsp3) is 0.533. The van der Waals surface area contributed by atoms with Gasteiger partial charge in [-0.15, -0.1) is 0 Å². The van der Waals surface area contributed by atoms with Crippen LogP contribution in [0.2, 0.25) is 0 Å². The molecule has 0 aliphatic carbocycles. The molecule has 1 heterocycles. The van der Waals surface area contributed by atoms with Crippen molar-refractivity contribution in [3.63, 3.8) is 0 Å². The van der Waals surface area contributed by atoms with Gasteiger partial charge in [-0.25, -0.2) is 0 Å². The lowest BCUT2D eigenvalue weighted by atomic mass is 10.1. The van der Waals surface area contributed by atoms with Crippen molar-refractivity contribution < 1.29 is 0 Å². The number of nitrogens with one attached hydrogen (secondary N) is 1. The van der Waals surface area contributed by atoms with Crippen LogP contribution in [0.25, 0.3) is 0 Å². The summed E-state index contributed by atoms with van der Waals surface area (Å²) in [7, 11) is 2.15. The molecule has 0 atom stereocenters. The summed E-state index contributed by atoms with van der Waals surface area (Å²) >= 11 is 0. The molecule has 2 rings (SSSR count). The molecule has 0 bridgehead atoms. The first-order valence-corrected chi connectivity index (χ1v) is 6.99.